The molecule has 0 unspecified atom stereocenters. The van der Waals surface area contributed by atoms with E-state index in [2.05, 4.69) is 5.32 Å². The highest BCUT2D eigenvalue weighted by Crippen LogP contribution is 2.15. The van der Waals surface area contributed by atoms with Crippen molar-refractivity contribution in [1.82, 2.24) is 5.32 Å². The molecule has 1 amide bonds. The minimum atomic E-state index is -1.12. The van der Waals surface area contributed by atoms with Gasteiger partial charge < -0.3 is 15.2 Å². The maximum absolute atomic E-state index is 12.0. The molecule has 2 aromatic rings. The van der Waals surface area contributed by atoms with Gasteiger partial charge in [-0.1, -0.05) is 30.3 Å². The molecule has 2 aromatic carbocycles. The Labute approximate surface area is 116 Å². The number of carbonyl (C=O) groups is 2. The standard InChI is InChI=1S/C15H15NO4/c1-20-9-13(15(18)19)16-14(17)12-7-6-10-4-2-3-5-11(10)8-12/h2-8,13H,9H2,1H3,(H,16,17)(H,18,19)/t13-/m0/s1. The van der Waals surface area contributed by atoms with E-state index in [0.717, 1.165) is 10.8 Å². The van der Waals surface area contributed by atoms with Crippen LogP contribution in [0, 0.1) is 0 Å². The molecule has 0 fully saturated rings. The fourth-order valence-electron chi connectivity index (χ4n) is 1.91. The van der Waals surface area contributed by atoms with E-state index >= 15 is 0 Å². The minimum Gasteiger partial charge on any atom is -0.480 e. The Bertz CT molecular complexity index is 639. The summed E-state index contributed by atoms with van der Waals surface area (Å²) in [5.74, 6) is -1.55. The summed E-state index contributed by atoms with van der Waals surface area (Å²) < 4.78 is 4.78. The molecule has 1 atom stereocenters. The number of methoxy groups -OCH3 is 1. The molecule has 104 valence electrons. The number of benzene rings is 2. The van der Waals surface area contributed by atoms with Crippen molar-refractivity contribution in [3.8, 4) is 0 Å². The van der Waals surface area contributed by atoms with Gasteiger partial charge in [0.15, 0.2) is 6.04 Å². The van der Waals surface area contributed by atoms with Gasteiger partial charge in [0.1, 0.15) is 0 Å². The Balaban J connectivity index is 2.20. The number of hydrogen-bond acceptors (Lipinski definition) is 3. The quantitative estimate of drug-likeness (QED) is 0.869. The van der Waals surface area contributed by atoms with Crippen LogP contribution in [0.15, 0.2) is 42.5 Å². The van der Waals surface area contributed by atoms with E-state index in [1.165, 1.54) is 7.11 Å². The van der Waals surface area contributed by atoms with Crippen molar-refractivity contribution < 1.29 is 19.4 Å². The minimum absolute atomic E-state index is 0.0747. The van der Waals surface area contributed by atoms with Crippen molar-refractivity contribution in [2.75, 3.05) is 13.7 Å². The average Bonchev–Trinajstić information content (AvgIpc) is 2.46. The van der Waals surface area contributed by atoms with Crippen LogP contribution in [-0.2, 0) is 9.53 Å². The molecule has 2 N–H and O–H groups in total. The highest BCUT2D eigenvalue weighted by Gasteiger charge is 2.20. The Morgan fingerprint density at radius 1 is 1.20 bits per heavy atom. The highest BCUT2D eigenvalue weighted by molar-refractivity contribution is 6.00. The van der Waals surface area contributed by atoms with Gasteiger partial charge in [-0.3, -0.25) is 4.79 Å². The van der Waals surface area contributed by atoms with Crippen LogP contribution >= 0.6 is 0 Å². The van der Waals surface area contributed by atoms with Crippen LogP contribution in [0.3, 0.4) is 0 Å². The smallest absolute Gasteiger partial charge is 0.328 e. The number of nitrogens with one attached hydrogen (secondary N) is 1. The number of fused-ring (bicyclic) bond motifs is 1. The third-order valence-corrected chi connectivity index (χ3v) is 2.95. The Hall–Kier alpha value is -2.40. The fourth-order valence-corrected chi connectivity index (χ4v) is 1.91. The summed E-state index contributed by atoms with van der Waals surface area (Å²) in [4.78, 5) is 23.0. The maximum Gasteiger partial charge on any atom is 0.328 e. The number of hydrogen-bond donors (Lipinski definition) is 2. The van der Waals surface area contributed by atoms with Crippen molar-refractivity contribution in [3.63, 3.8) is 0 Å². The zero-order chi connectivity index (χ0) is 14.5. The molecule has 5 nitrogen and oxygen atoms in total. The molecule has 2 rings (SSSR count). The van der Waals surface area contributed by atoms with Crippen LogP contribution in [0.1, 0.15) is 10.4 Å². The summed E-state index contributed by atoms with van der Waals surface area (Å²) >= 11 is 0. The van der Waals surface area contributed by atoms with E-state index < -0.39 is 17.9 Å². The molecular weight excluding hydrogens is 258 g/mol. The van der Waals surface area contributed by atoms with Crippen LogP contribution in [0.5, 0.6) is 0 Å². The van der Waals surface area contributed by atoms with Crippen molar-refractivity contribution >= 4 is 22.6 Å². The second-order valence-corrected chi connectivity index (χ2v) is 4.38. The first-order valence-corrected chi connectivity index (χ1v) is 6.13. The molecule has 0 bridgehead atoms. The van der Waals surface area contributed by atoms with E-state index in [1.54, 1.807) is 12.1 Å². The van der Waals surface area contributed by atoms with Gasteiger partial charge in [-0.15, -0.1) is 0 Å². The molecule has 20 heavy (non-hydrogen) atoms. The number of aliphatic carboxylic acids is 1. The molecular formula is C15H15NO4. The van der Waals surface area contributed by atoms with Crippen molar-refractivity contribution in [2.24, 2.45) is 0 Å². The predicted molar refractivity (Wildman–Crippen MR) is 74.7 cm³/mol. The normalized spacial score (nSPS) is 12.1. The summed E-state index contributed by atoms with van der Waals surface area (Å²) in [6, 6.07) is 11.8. The lowest BCUT2D eigenvalue weighted by atomic mass is 10.1. The summed E-state index contributed by atoms with van der Waals surface area (Å²) in [7, 11) is 1.39. The van der Waals surface area contributed by atoms with Gasteiger partial charge in [-0.05, 0) is 22.9 Å². The lowest BCUT2D eigenvalue weighted by molar-refractivity contribution is -0.140. The van der Waals surface area contributed by atoms with Gasteiger partial charge in [-0.25, -0.2) is 4.79 Å². The van der Waals surface area contributed by atoms with Gasteiger partial charge in [0, 0.05) is 12.7 Å². The molecule has 0 aromatic heterocycles. The molecule has 0 heterocycles. The number of carbonyl (C=O) groups excluding carboxylic acids is 1. The van der Waals surface area contributed by atoms with Crippen LogP contribution in [-0.4, -0.2) is 36.7 Å². The number of carboxylic acids is 1. The van der Waals surface area contributed by atoms with E-state index in [1.807, 2.05) is 30.3 Å². The van der Waals surface area contributed by atoms with E-state index in [4.69, 9.17) is 9.84 Å². The Kier molecular flexibility index (Phi) is 4.32. The predicted octanol–water partition coefficient (Wildman–Crippen LogP) is 1.67. The summed E-state index contributed by atoms with van der Waals surface area (Å²) in [5.41, 5.74) is 0.422. The van der Waals surface area contributed by atoms with Gasteiger partial charge in [0.05, 0.1) is 6.61 Å². The first-order valence-electron chi connectivity index (χ1n) is 6.13. The Morgan fingerprint density at radius 2 is 1.90 bits per heavy atom. The summed E-state index contributed by atoms with van der Waals surface area (Å²) in [6.07, 6.45) is 0. The lowest BCUT2D eigenvalue weighted by Crippen LogP contribution is -2.43. The van der Waals surface area contributed by atoms with Crippen molar-refractivity contribution in [3.05, 3.63) is 48.0 Å². The molecule has 0 saturated carbocycles. The third-order valence-electron chi connectivity index (χ3n) is 2.95. The van der Waals surface area contributed by atoms with Gasteiger partial charge in [0.2, 0.25) is 0 Å². The third kappa shape index (κ3) is 3.13. The second kappa shape index (κ2) is 6.16. The SMILES string of the molecule is COC[C@H](NC(=O)c1ccc2ccccc2c1)C(=O)O. The van der Waals surface area contributed by atoms with Gasteiger partial charge in [-0.2, -0.15) is 0 Å². The van der Waals surface area contributed by atoms with Crippen molar-refractivity contribution in [1.29, 1.82) is 0 Å². The molecule has 0 saturated heterocycles. The monoisotopic (exact) mass is 273 g/mol. The molecule has 0 spiro atoms. The molecule has 5 heteroatoms. The Morgan fingerprint density at radius 3 is 2.55 bits per heavy atom. The zero-order valence-corrected chi connectivity index (χ0v) is 11.0. The van der Waals surface area contributed by atoms with Gasteiger partial charge >= 0.3 is 5.97 Å². The second-order valence-electron chi connectivity index (χ2n) is 4.38. The number of ether oxygens (including phenoxy) is 1. The maximum atomic E-state index is 12.0. The summed E-state index contributed by atoms with van der Waals surface area (Å²) in [6.45, 7) is -0.0747. The van der Waals surface area contributed by atoms with Crippen LogP contribution in [0.25, 0.3) is 10.8 Å². The average molecular weight is 273 g/mol. The molecule has 0 aliphatic carbocycles. The van der Waals surface area contributed by atoms with Crippen LogP contribution < -0.4 is 5.32 Å². The first-order chi connectivity index (χ1) is 9.61. The largest absolute Gasteiger partial charge is 0.480 e. The summed E-state index contributed by atoms with van der Waals surface area (Å²) in [5, 5.41) is 13.4. The zero-order valence-electron chi connectivity index (χ0n) is 11.0. The van der Waals surface area contributed by atoms with E-state index in [9.17, 15) is 9.59 Å². The fraction of sp³-hybridized carbons (Fsp3) is 0.200. The molecule has 0 radical (unpaired) electrons. The highest BCUT2D eigenvalue weighted by atomic mass is 16.5. The molecule has 0 aliphatic rings. The molecule has 0 aliphatic heterocycles. The van der Waals surface area contributed by atoms with E-state index in [0.29, 0.717) is 5.56 Å². The van der Waals surface area contributed by atoms with E-state index in [-0.39, 0.29) is 6.61 Å². The van der Waals surface area contributed by atoms with Crippen LogP contribution in [0.2, 0.25) is 0 Å². The number of rotatable bonds is 5. The van der Waals surface area contributed by atoms with Gasteiger partial charge in [0.25, 0.3) is 5.91 Å². The first kappa shape index (κ1) is 14.0. The topological polar surface area (TPSA) is 75.6 Å². The van der Waals surface area contributed by atoms with Crippen molar-refractivity contribution in [2.45, 2.75) is 6.04 Å². The lowest BCUT2D eigenvalue weighted by Gasteiger charge is -2.13. The van der Waals surface area contributed by atoms with Crippen LogP contribution in [0.4, 0.5) is 0 Å². The number of carboxylic acid groups (broad SMARTS) is 1. The number of amides is 1.